The molecule has 1 aliphatic rings. The third kappa shape index (κ3) is 4.87. The van der Waals surface area contributed by atoms with Crippen molar-refractivity contribution in [2.24, 2.45) is 16.5 Å². The molecule has 1 aromatic rings. The Bertz CT molecular complexity index is 481. The summed E-state index contributed by atoms with van der Waals surface area (Å²) in [4.78, 5) is 17.7. The lowest BCUT2D eigenvalue weighted by Crippen LogP contribution is -2.32. The number of amides is 2. The highest BCUT2D eigenvalue weighted by Crippen LogP contribution is 2.14. The summed E-state index contributed by atoms with van der Waals surface area (Å²) in [5.41, 5.74) is 12.3. The molecule has 1 fully saturated rings. The van der Waals surface area contributed by atoms with Gasteiger partial charge in [0.1, 0.15) is 0 Å². The smallest absolute Gasteiger partial charge is 0.321 e. The fraction of sp³-hybridized carbons (Fsp3) is 0.385. The van der Waals surface area contributed by atoms with Gasteiger partial charge in [-0.2, -0.15) is 0 Å². The van der Waals surface area contributed by atoms with Crippen LogP contribution >= 0.6 is 24.0 Å². The van der Waals surface area contributed by atoms with E-state index in [-0.39, 0.29) is 36.0 Å². The summed E-state index contributed by atoms with van der Waals surface area (Å²) in [7, 11) is 0. The van der Waals surface area contributed by atoms with Gasteiger partial charge in [-0.3, -0.25) is 0 Å². The summed E-state index contributed by atoms with van der Waals surface area (Å²) in [6, 6.07) is 7.47. The topological polar surface area (TPSA) is 96.7 Å². The Balaban J connectivity index is 0.00000200. The molecule has 0 aromatic heterocycles. The van der Waals surface area contributed by atoms with Crippen molar-refractivity contribution in [2.75, 3.05) is 18.4 Å². The van der Waals surface area contributed by atoms with E-state index in [1.165, 1.54) is 0 Å². The predicted molar refractivity (Wildman–Crippen MR) is 91.2 cm³/mol. The van der Waals surface area contributed by atoms with E-state index in [0.717, 1.165) is 37.2 Å². The highest BCUT2D eigenvalue weighted by molar-refractivity contribution is 14.0. The van der Waals surface area contributed by atoms with Crippen molar-refractivity contribution in [2.45, 2.75) is 19.4 Å². The van der Waals surface area contributed by atoms with Gasteiger partial charge in [-0.15, -0.1) is 24.0 Å². The minimum atomic E-state index is -0.0449. The second-order valence-electron chi connectivity index (χ2n) is 4.57. The van der Waals surface area contributed by atoms with E-state index >= 15 is 0 Å². The van der Waals surface area contributed by atoms with Crippen molar-refractivity contribution in [1.82, 2.24) is 4.90 Å². The van der Waals surface area contributed by atoms with Gasteiger partial charge in [0.2, 0.25) is 0 Å². The van der Waals surface area contributed by atoms with Crippen molar-refractivity contribution in [3.63, 3.8) is 0 Å². The van der Waals surface area contributed by atoms with Gasteiger partial charge < -0.3 is 21.7 Å². The number of aliphatic imine (C=N–C) groups is 1. The van der Waals surface area contributed by atoms with Crippen LogP contribution in [0.3, 0.4) is 0 Å². The molecular weight excluding hydrogens is 369 g/mol. The van der Waals surface area contributed by atoms with Crippen LogP contribution in [0.5, 0.6) is 0 Å². The summed E-state index contributed by atoms with van der Waals surface area (Å²) >= 11 is 0. The minimum absolute atomic E-state index is 0. The summed E-state index contributed by atoms with van der Waals surface area (Å²) in [6.45, 7) is 2.08. The van der Waals surface area contributed by atoms with Crippen LogP contribution < -0.4 is 16.8 Å². The number of benzene rings is 1. The fourth-order valence-electron chi connectivity index (χ4n) is 2.05. The average Bonchev–Trinajstić information content (AvgIpc) is 2.91. The number of hydrogen-bond donors (Lipinski definition) is 3. The number of nitrogens with one attached hydrogen (secondary N) is 1. The molecule has 0 radical (unpaired) electrons. The second-order valence-corrected chi connectivity index (χ2v) is 4.57. The maximum atomic E-state index is 11.9. The number of nitrogens with zero attached hydrogens (tertiary/aromatic N) is 2. The zero-order valence-corrected chi connectivity index (χ0v) is 13.5. The number of urea groups is 1. The lowest BCUT2D eigenvalue weighted by atomic mass is 10.2. The Morgan fingerprint density at radius 1 is 1.30 bits per heavy atom. The number of carbonyl (C=O) groups excluding carboxylic acids is 1. The highest BCUT2D eigenvalue weighted by Gasteiger charge is 2.17. The molecule has 5 N–H and O–H groups in total. The molecule has 1 aromatic carbocycles. The van der Waals surface area contributed by atoms with E-state index in [1.54, 1.807) is 0 Å². The Morgan fingerprint density at radius 2 is 2.00 bits per heavy atom. The SMILES string of the molecule is I.NC(N)=NCc1cccc(NC(=O)N2CCCC2)c1. The maximum Gasteiger partial charge on any atom is 0.321 e. The number of hydrogen-bond acceptors (Lipinski definition) is 2. The first-order valence-electron chi connectivity index (χ1n) is 6.35. The van der Waals surface area contributed by atoms with Crippen molar-refractivity contribution in [1.29, 1.82) is 0 Å². The van der Waals surface area contributed by atoms with Gasteiger partial charge in [0.05, 0.1) is 6.54 Å². The number of carbonyl (C=O) groups is 1. The average molecular weight is 389 g/mol. The van der Waals surface area contributed by atoms with E-state index in [2.05, 4.69) is 10.3 Å². The van der Waals surface area contributed by atoms with Crippen LogP contribution in [-0.2, 0) is 6.54 Å². The molecule has 1 aliphatic heterocycles. The molecule has 0 saturated carbocycles. The van der Waals surface area contributed by atoms with Gasteiger partial charge in [-0.1, -0.05) is 12.1 Å². The molecule has 0 aliphatic carbocycles. The molecule has 20 heavy (non-hydrogen) atoms. The first kappa shape index (κ1) is 16.5. The molecule has 6 nitrogen and oxygen atoms in total. The van der Waals surface area contributed by atoms with E-state index < -0.39 is 0 Å². The number of anilines is 1. The van der Waals surface area contributed by atoms with Crippen molar-refractivity contribution < 1.29 is 4.79 Å². The molecule has 1 heterocycles. The summed E-state index contributed by atoms with van der Waals surface area (Å²) in [5.74, 6) is 0.0616. The van der Waals surface area contributed by atoms with Crippen molar-refractivity contribution in [3.05, 3.63) is 29.8 Å². The lowest BCUT2D eigenvalue weighted by molar-refractivity contribution is 0.222. The van der Waals surface area contributed by atoms with Crippen LogP contribution in [0, 0.1) is 0 Å². The first-order chi connectivity index (χ1) is 9.15. The van der Waals surface area contributed by atoms with Crippen LogP contribution in [0.25, 0.3) is 0 Å². The molecule has 0 bridgehead atoms. The largest absolute Gasteiger partial charge is 0.370 e. The highest BCUT2D eigenvalue weighted by atomic mass is 127. The van der Waals surface area contributed by atoms with Crippen molar-refractivity contribution in [3.8, 4) is 0 Å². The fourth-order valence-corrected chi connectivity index (χ4v) is 2.05. The lowest BCUT2D eigenvalue weighted by Gasteiger charge is -2.16. The molecule has 2 rings (SSSR count). The molecular formula is C13H20IN5O. The second kappa shape index (κ2) is 7.93. The normalized spacial score (nSPS) is 13.5. The number of guanidine groups is 1. The third-order valence-corrected chi connectivity index (χ3v) is 3.02. The maximum absolute atomic E-state index is 11.9. The van der Waals surface area contributed by atoms with E-state index in [1.807, 2.05) is 29.2 Å². The van der Waals surface area contributed by atoms with Crippen LogP contribution in [0.2, 0.25) is 0 Å². The summed E-state index contributed by atoms with van der Waals surface area (Å²) < 4.78 is 0. The zero-order chi connectivity index (χ0) is 13.7. The Kier molecular flexibility index (Phi) is 6.56. The van der Waals surface area contributed by atoms with Crippen molar-refractivity contribution >= 4 is 41.7 Å². The number of nitrogens with two attached hydrogens (primary N) is 2. The summed E-state index contributed by atoms with van der Waals surface area (Å²) in [5, 5.41) is 2.89. The summed E-state index contributed by atoms with van der Waals surface area (Å²) in [6.07, 6.45) is 2.16. The number of halogens is 1. The minimum Gasteiger partial charge on any atom is -0.370 e. The van der Waals surface area contributed by atoms with E-state index in [4.69, 9.17) is 11.5 Å². The standard InChI is InChI=1S/C13H19N5O.HI/c14-12(15)16-9-10-4-3-5-11(8-10)17-13(19)18-6-1-2-7-18;/h3-5,8H,1-2,6-7,9H2,(H,17,19)(H4,14,15,16);1H. The van der Waals surface area contributed by atoms with Gasteiger partial charge in [0, 0.05) is 18.8 Å². The van der Waals surface area contributed by atoms with Gasteiger partial charge in [-0.25, -0.2) is 9.79 Å². The van der Waals surface area contributed by atoms with E-state index in [0.29, 0.717) is 6.54 Å². The molecule has 0 atom stereocenters. The molecule has 7 heteroatoms. The molecule has 2 amide bonds. The van der Waals surface area contributed by atoms with Gasteiger partial charge in [0.15, 0.2) is 5.96 Å². The molecule has 0 unspecified atom stereocenters. The quantitative estimate of drug-likeness (QED) is 0.417. The molecule has 110 valence electrons. The zero-order valence-electron chi connectivity index (χ0n) is 11.2. The van der Waals surface area contributed by atoms with Gasteiger partial charge in [0.25, 0.3) is 0 Å². The van der Waals surface area contributed by atoms with E-state index in [9.17, 15) is 4.79 Å². The van der Waals surface area contributed by atoms with Gasteiger partial charge in [-0.05, 0) is 30.5 Å². The van der Waals surface area contributed by atoms with Crippen LogP contribution in [0.1, 0.15) is 18.4 Å². The monoisotopic (exact) mass is 389 g/mol. The van der Waals surface area contributed by atoms with Gasteiger partial charge >= 0.3 is 6.03 Å². The Morgan fingerprint density at radius 3 is 2.65 bits per heavy atom. The van der Waals surface area contributed by atoms with Crippen LogP contribution in [0.15, 0.2) is 29.3 Å². The number of likely N-dealkylation sites (tertiary alicyclic amines) is 1. The van der Waals surface area contributed by atoms with Crippen LogP contribution in [0.4, 0.5) is 10.5 Å². The Labute approximate surface area is 135 Å². The molecule has 0 spiro atoms. The Hall–Kier alpha value is -1.51. The predicted octanol–water partition coefficient (Wildman–Crippen LogP) is 1.71. The third-order valence-electron chi connectivity index (χ3n) is 3.02. The molecule has 1 saturated heterocycles. The van der Waals surface area contributed by atoms with Crippen LogP contribution in [-0.4, -0.2) is 30.0 Å². The first-order valence-corrected chi connectivity index (χ1v) is 6.35. The number of rotatable bonds is 3.